The highest BCUT2D eigenvalue weighted by molar-refractivity contribution is 5.93. The second-order valence-electron chi connectivity index (χ2n) is 5.15. The Morgan fingerprint density at radius 2 is 2.24 bits per heavy atom. The second-order valence-corrected chi connectivity index (χ2v) is 5.15. The summed E-state index contributed by atoms with van der Waals surface area (Å²) in [7, 11) is 0. The third-order valence-electron chi connectivity index (χ3n) is 2.92. The molecule has 0 amide bonds. The zero-order valence-electron chi connectivity index (χ0n) is 11.0. The SMILES string of the molecule is CC1=CC(=O)CC(C)(C)C1=C=C/C(C)=C/CO. The Morgan fingerprint density at radius 3 is 2.76 bits per heavy atom. The number of carbonyl (C=O) groups is 1. The molecule has 1 rings (SSSR count). The van der Waals surface area contributed by atoms with Crippen molar-refractivity contribution in [1.82, 2.24) is 0 Å². The molecule has 0 aromatic heterocycles. The summed E-state index contributed by atoms with van der Waals surface area (Å²) in [6.07, 6.45) is 5.81. The van der Waals surface area contributed by atoms with Gasteiger partial charge >= 0.3 is 0 Å². The second kappa shape index (κ2) is 5.31. The summed E-state index contributed by atoms with van der Waals surface area (Å²) in [4.78, 5) is 11.5. The number of hydrogen-bond acceptors (Lipinski definition) is 2. The summed E-state index contributed by atoms with van der Waals surface area (Å²) in [5, 5.41) is 8.78. The van der Waals surface area contributed by atoms with Crippen LogP contribution in [0.1, 0.15) is 34.1 Å². The molecule has 0 heterocycles. The van der Waals surface area contributed by atoms with Crippen molar-refractivity contribution in [3.05, 3.63) is 40.7 Å². The molecule has 0 atom stereocenters. The van der Waals surface area contributed by atoms with Crippen molar-refractivity contribution in [2.75, 3.05) is 6.61 Å². The van der Waals surface area contributed by atoms with E-state index in [1.165, 1.54) is 0 Å². The van der Waals surface area contributed by atoms with Gasteiger partial charge in [0.05, 0.1) is 6.61 Å². The summed E-state index contributed by atoms with van der Waals surface area (Å²) < 4.78 is 0. The van der Waals surface area contributed by atoms with Crippen molar-refractivity contribution in [3.8, 4) is 0 Å². The Bertz CT molecular complexity index is 442. The predicted molar refractivity (Wildman–Crippen MR) is 69.6 cm³/mol. The van der Waals surface area contributed by atoms with Crippen LogP contribution in [0.3, 0.4) is 0 Å². The van der Waals surface area contributed by atoms with Crippen molar-refractivity contribution < 1.29 is 9.90 Å². The maximum absolute atomic E-state index is 11.5. The van der Waals surface area contributed by atoms with E-state index in [4.69, 9.17) is 5.11 Å². The van der Waals surface area contributed by atoms with Gasteiger partial charge in [-0.2, -0.15) is 0 Å². The van der Waals surface area contributed by atoms with E-state index in [-0.39, 0.29) is 17.8 Å². The molecule has 0 saturated heterocycles. The molecule has 1 N–H and O–H groups in total. The summed E-state index contributed by atoms with van der Waals surface area (Å²) in [5.74, 6) is 0.181. The highest BCUT2D eigenvalue weighted by Crippen LogP contribution is 2.38. The van der Waals surface area contributed by atoms with Gasteiger partial charge in [-0.05, 0) is 37.1 Å². The van der Waals surface area contributed by atoms with Gasteiger partial charge < -0.3 is 5.11 Å². The fraction of sp³-hybridized carbons (Fsp3) is 0.467. The fourth-order valence-corrected chi connectivity index (χ4v) is 2.12. The number of rotatable bonds is 2. The lowest BCUT2D eigenvalue weighted by molar-refractivity contribution is -0.116. The molecule has 0 saturated carbocycles. The Hall–Kier alpha value is -1.37. The summed E-state index contributed by atoms with van der Waals surface area (Å²) in [5.41, 5.74) is 6.13. The van der Waals surface area contributed by atoms with Crippen LogP contribution in [0.4, 0.5) is 0 Å². The van der Waals surface area contributed by atoms with E-state index >= 15 is 0 Å². The van der Waals surface area contributed by atoms with E-state index < -0.39 is 0 Å². The average molecular weight is 232 g/mol. The zero-order chi connectivity index (χ0) is 13.1. The minimum Gasteiger partial charge on any atom is -0.392 e. The van der Waals surface area contributed by atoms with Crippen LogP contribution in [0.15, 0.2) is 40.7 Å². The molecule has 0 spiro atoms. The van der Waals surface area contributed by atoms with Gasteiger partial charge in [0.15, 0.2) is 5.78 Å². The molecule has 2 nitrogen and oxygen atoms in total. The Kier molecular flexibility index (Phi) is 4.28. The van der Waals surface area contributed by atoms with Crippen molar-refractivity contribution in [3.63, 3.8) is 0 Å². The van der Waals surface area contributed by atoms with Crippen LogP contribution in [0.25, 0.3) is 0 Å². The number of ketones is 1. The van der Waals surface area contributed by atoms with E-state index in [0.29, 0.717) is 6.42 Å². The fourth-order valence-electron chi connectivity index (χ4n) is 2.12. The maximum Gasteiger partial charge on any atom is 0.156 e. The van der Waals surface area contributed by atoms with Gasteiger partial charge in [-0.1, -0.05) is 19.9 Å². The van der Waals surface area contributed by atoms with Crippen LogP contribution in [0.5, 0.6) is 0 Å². The van der Waals surface area contributed by atoms with Gasteiger partial charge in [0.2, 0.25) is 0 Å². The lowest BCUT2D eigenvalue weighted by Gasteiger charge is -2.29. The van der Waals surface area contributed by atoms with E-state index in [0.717, 1.165) is 16.7 Å². The summed E-state index contributed by atoms with van der Waals surface area (Å²) in [6, 6.07) is 0. The van der Waals surface area contributed by atoms with Gasteiger partial charge in [-0.3, -0.25) is 4.79 Å². The first-order valence-corrected chi connectivity index (χ1v) is 5.83. The number of aliphatic hydroxyl groups excluding tert-OH is 1. The van der Waals surface area contributed by atoms with Crippen LogP contribution in [-0.4, -0.2) is 17.5 Å². The topological polar surface area (TPSA) is 37.3 Å². The Balaban J connectivity index is 3.19. The third-order valence-corrected chi connectivity index (χ3v) is 2.92. The van der Waals surface area contributed by atoms with Gasteiger partial charge in [-0.25, -0.2) is 0 Å². The Labute approximate surface area is 103 Å². The van der Waals surface area contributed by atoms with Gasteiger partial charge in [0.25, 0.3) is 0 Å². The smallest absolute Gasteiger partial charge is 0.156 e. The molecule has 0 fully saturated rings. The molecule has 1 aliphatic rings. The van der Waals surface area contributed by atoms with Gasteiger partial charge in [0, 0.05) is 17.4 Å². The van der Waals surface area contributed by atoms with Crippen LogP contribution in [0.2, 0.25) is 0 Å². The molecule has 2 heteroatoms. The molecular weight excluding hydrogens is 212 g/mol. The standard InChI is InChI=1S/C15H20O2/c1-11(7-8-16)5-6-14-12(2)9-13(17)10-15(14,3)4/h5,7,9,16H,8,10H2,1-4H3/b11-7+. The third kappa shape index (κ3) is 3.55. The van der Waals surface area contributed by atoms with E-state index in [9.17, 15) is 4.79 Å². The minimum atomic E-state index is -0.161. The highest BCUT2D eigenvalue weighted by Gasteiger charge is 2.30. The van der Waals surface area contributed by atoms with E-state index in [2.05, 4.69) is 19.6 Å². The van der Waals surface area contributed by atoms with Gasteiger partial charge in [-0.15, -0.1) is 5.73 Å². The average Bonchev–Trinajstić information content (AvgIpc) is 2.14. The molecule has 1 aliphatic carbocycles. The first kappa shape index (κ1) is 13.7. The molecule has 0 aliphatic heterocycles. The first-order valence-electron chi connectivity index (χ1n) is 5.83. The minimum absolute atomic E-state index is 0.0377. The van der Waals surface area contributed by atoms with Crippen molar-refractivity contribution in [1.29, 1.82) is 0 Å². The summed E-state index contributed by atoms with van der Waals surface area (Å²) >= 11 is 0. The van der Waals surface area contributed by atoms with Crippen molar-refractivity contribution in [2.45, 2.75) is 34.1 Å². The molecule has 0 aromatic carbocycles. The molecule has 0 radical (unpaired) electrons. The maximum atomic E-state index is 11.5. The number of carbonyl (C=O) groups excluding carboxylic acids is 1. The molecule has 92 valence electrons. The Morgan fingerprint density at radius 1 is 1.59 bits per heavy atom. The lowest BCUT2D eigenvalue weighted by atomic mass is 9.73. The molecule has 0 bridgehead atoms. The zero-order valence-corrected chi connectivity index (χ0v) is 11.0. The van der Waals surface area contributed by atoms with Crippen LogP contribution >= 0.6 is 0 Å². The molecule has 0 aromatic rings. The normalized spacial score (nSPS) is 19.8. The summed E-state index contributed by atoms with van der Waals surface area (Å²) in [6.45, 7) is 8.02. The monoisotopic (exact) mass is 232 g/mol. The van der Waals surface area contributed by atoms with Crippen LogP contribution in [-0.2, 0) is 4.79 Å². The molecule has 0 unspecified atom stereocenters. The predicted octanol–water partition coefficient (Wildman–Crippen LogP) is 2.95. The highest BCUT2D eigenvalue weighted by atomic mass is 16.2. The quantitative estimate of drug-likeness (QED) is 0.587. The largest absolute Gasteiger partial charge is 0.392 e. The number of allylic oxidation sites excluding steroid dienone is 4. The lowest BCUT2D eigenvalue weighted by Crippen LogP contribution is -2.23. The molecule has 17 heavy (non-hydrogen) atoms. The first-order chi connectivity index (χ1) is 7.86. The van der Waals surface area contributed by atoms with Crippen molar-refractivity contribution in [2.24, 2.45) is 5.41 Å². The molecular formula is C15H20O2. The number of hydrogen-bond donors (Lipinski definition) is 1. The van der Waals surface area contributed by atoms with E-state index in [1.54, 1.807) is 12.2 Å². The van der Waals surface area contributed by atoms with E-state index in [1.807, 2.05) is 19.9 Å². The van der Waals surface area contributed by atoms with Crippen LogP contribution < -0.4 is 0 Å². The van der Waals surface area contributed by atoms with Crippen LogP contribution in [0, 0.1) is 5.41 Å². The van der Waals surface area contributed by atoms with Crippen molar-refractivity contribution >= 4 is 5.78 Å². The van der Waals surface area contributed by atoms with Gasteiger partial charge in [0.1, 0.15) is 0 Å². The number of aliphatic hydroxyl groups is 1.